The fraction of sp³-hybridized carbons (Fsp3) is 0.455. The highest BCUT2D eigenvalue weighted by Gasteiger charge is 2.02. The smallest absolute Gasteiger partial charge is 0.126 e. The minimum Gasteiger partial charge on any atom is -0.301 e. The third-order valence-corrected chi connectivity index (χ3v) is 2.31. The highest BCUT2D eigenvalue weighted by Crippen LogP contribution is 2.10. The molecule has 1 nitrogen and oxygen atoms in total. The van der Waals surface area contributed by atoms with Crippen LogP contribution in [0.4, 0.5) is 4.39 Å². The van der Waals surface area contributed by atoms with Crippen molar-refractivity contribution >= 4 is 11.6 Å². The van der Waals surface area contributed by atoms with Crippen LogP contribution in [-0.2, 0) is 6.54 Å². The maximum absolute atomic E-state index is 12.9. The molecular formula is C11H15ClFN. The molecule has 3 heteroatoms. The van der Waals surface area contributed by atoms with Crippen LogP contribution in [0.1, 0.15) is 11.1 Å². The minimum absolute atomic E-state index is 0.145. The van der Waals surface area contributed by atoms with Crippen molar-refractivity contribution in [2.75, 3.05) is 19.5 Å². The Kier molecular flexibility index (Phi) is 4.36. The standard InChI is InChI=1S/C11H15ClFN/c1-9-7-10(3-4-11(9)13)8-14(2)6-5-12/h3-4,7H,5-6,8H2,1-2H3. The highest BCUT2D eigenvalue weighted by molar-refractivity contribution is 6.18. The van der Waals surface area contributed by atoms with E-state index in [2.05, 4.69) is 4.90 Å². The lowest BCUT2D eigenvalue weighted by Gasteiger charge is -2.15. The number of aryl methyl sites for hydroxylation is 1. The molecule has 0 saturated heterocycles. The quantitative estimate of drug-likeness (QED) is 0.699. The second-order valence-corrected chi connectivity index (χ2v) is 3.89. The van der Waals surface area contributed by atoms with Gasteiger partial charge in [0.05, 0.1) is 0 Å². The van der Waals surface area contributed by atoms with Crippen molar-refractivity contribution in [3.05, 3.63) is 35.1 Å². The van der Waals surface area contributed by atoms with Crippen molar-refractivity contribution in [2.24, 2.45) is 0 Å². The van der Waals surface area contributed by atoms with Crippen molar-refractivity contribution in [3.8, 4) is 0 Å². The van der Waals surface area contributed by atoms with Gasteiger partial charge in [0, 0.05) is 19.0 Å². The summed E-state index contributed by atoms with van der Waals surface area (Å²) in [5.41, 5.74) is 1.82. The molecule has 1 rings (SSSR count). The van der Waals surface area contributed by atoms with E-state index in [1.165, 1.54) is 6.07 Å². The first-order valence-electron chi connectivity index (χ1n) is 4.63. The normalized spacial score (nSPS) is 10.9. The Morgan fingerprint density at radius 1 is 1.43 bits per heavy atom. The third kappa shape index (κ3) is 3.28. The summed E-state index contributed by atoms with van der Waals surface area (Å²) in [6.07, 6.45) is 0. The first-order valence-corrected chi connectivity index (χ1v) is 5.16. The van der Waals surface area contributed by atoms with Crippen LogP contribution in [0.15, 0.2) is 18.2 Å². The molecule has 78 valence electrons. The molecule has 0 radical (unpaired) electrons. The maximum Gasteiger partial charge on any atom is 0.126 e. The molecule has 0 fully saturated rings. The maximum atomic E-state index is 12.9. The fourth-order valence-corrected chi connectivity index (χ4v) is 1.63. The molecule has 0 spiro atoms. The number of nitrogens with zero attached hydrogens (tertiary/aromatic N) is 1. The summed E-state index contributed by atoms with van der Waals surface area (Å²) in [7, 11) is 2.00. The molecule has 0 saturated carbocycles. The summed E-state index contributed by atoms with van der Waals surface area (Å²) < 4.78 is 12.9. The summed E-state index contributed by atoms with van der Waals surface area (Å²) in [6, 6.07) is 5.20. The van der Waals surface area contributed by atoms with Gasteiger partial charge in [-0.3, -0.25) is 0 Å². The van der Waals surface area contributed by atoms with E-state index in [0.717, 1.165) is 18.7 Å². The first kappa shape index (κ1) is 11.5. The average molecular weight is 216 g/mol. The van der Waals surface area contributed by atoms with Crippen LogP contribution in [0.25, 0.3) is 0 Å². The van der Waals surface area contributed by atoms with Gasteiger partial charge in [-0.25, -0.2) is 4.39 Å². The van der Waals surface area contributed by atoms with Crippen LogP contribution in [-0.4, -0.2) is 24.4 Å². The highest BCUT2D eigenvalue weighted by atomic mass is 35.5. The zero-order valence-electron chi connectivity index (χ0n) is 8.56. The minimum atomic E-state index is -0.145. The number of alkyl halides is 1. The second-order valence-electron chi connectivity index (χ2n) is 3.51. The van der Waals surface area contributed by atoms with Crippen molar-refractivity contribution in [2.45, 2.75) is 13.5 Å². The number of halogens is 2. The van der Waals surface area contributed by atoms with Crippen molar-refractivity contribution in [1.82, 2.24) is 4.90 Å². The molecule has 0 unspecified atom stereocenters. The van der Waals surface area contributed by atoms with Gasteiger partial charge in [0.2, 0.25) is 0 Å². The predicted octanol–water partition coefficient (Wildman–Crippen LogP) is 2.80. The summed E-state index contributed by atoms with van der Waals surface area (Å²) in [5.74, 6) is 0.477. The van der Waals surface area contributed by atoms with Crippen molar-refractivity contribution in [1.29, 1.82) is 0 Å². The van der Waals surface area contributed by atoms with Crippen LogP contribution < -0.4 is 0 Å². The molecule has 0 N–H and O–H groups in total. The molecule has 1 aromatic carbocycles. The van der Waals surface area contributed by atoms with Crippen LogP contribution in [0.2, 0.25) is 0 Å². The summed E-state index contributed by atoms with van der Waals surface area (Å²) >= 11 is 5.62. The molecule has 0 aliphatic heterocycles. The molecule has 14 heavy (non-hydrogen) atoms. The van der Waals surface area contributed by atoms with E-state index < -0.39 is 0 Å². The number of benzene rings is 1. The Balaban J connectivity index is 2.63. The Hall–Kier alpha value is -0.600. The monoisotopic (exact) mass is 215 g/mol. The van der Waals surface area contributed by atoms with Crippen LogP contribution in [0.5, 0.6) is 0 Å². The van der Waals surface area contributed by atoms with E-state index in [-0.39, 0.29) is 5.82 Å². The topological polar surface area (TPSA) is 3.24 Å². The lowest BCUT2D eigenvalue weighted by Crippen LogP contribution is -2.20. The molecule has 0 aromatic heterocycles. The molecule has 0 heterocycles. The second kappa shape index (κ2) is 5.32. The van der Waals surface area contributed by atoms with Gasteiger partial charge in [0.1, 0.15) is 5.82 Å². The zero-order valence-corrected chi connectivity index (χ0v) is 9.31. The molecule has 1 aromatic rings. The predicted molar refractivity (Wildman–Crippen MR) is 58.2 cm³/mol. The van der Waals surface area contributed by atoms with Crippen molar-refractivity contribution in [3.63, 3.8) is 0 Å². The summed E-state index contributed by atoms with van der Waals surface area (Å²) in [6.45, 7) is 3.44. The summed E-state index contributed by atoms with van der Waals surface area (Å²) in [5, 5.41) is 0. The number of hydrogen-bond acceptors (Lipinski definition) is 1. The Morgan fingerprint density at radius 2 is 2.14 bits per heavy atom. The van der Waals surface area contributed by atoms with Gasteiger partial charge >= 0.3 is 0 Å². The van der Waals surface area contributed by atoms with Crippen LogP contribution in [0, 0.1) is 12.7 Å². The average Bonchev–Trinajstić information content (AvgIpc) is 2.12. The SMILES string of the molecule is Cc1cc(CN(C)CCCl)ccc1F. The van der Waals surface area contributed by atoms with Gasteiger partial charge in [-0.05, 0) is 31.2 Å². The molecule has 0 atom stereocenters. The Labute approximate surface area is 89.5 Å². The van der Waals surface area contributed by atoms with Gasteiger partial charge in [-0.1, -0.05) is 12.1 Å². The molecule has 0 aliphatic rings. The Bertz CT molecular complexity index is 301. The number of hydrogen-bond donors (Lipinski definition) is 0. The lowest BCUT2D eigenvalue weighted by molar-refractivity contribution is 0.347. The van der Waals surface area contributed by atoms with E-state index in [0.29, 0.717) is 11.4 Å². The number of rotatable bonds is 4. The molecule has 0 bridgehead atoms. The van der Waals surface area contributed by atoms with Gasteiger partial charge in [-0.15, -0.1) is 11.6 Å². The van der Waals surface area contributed by atoms with Gasteiger partial charge in [0.15, 0.2) is 0 Å². The van der Waals surface area contributed by atoms with E-state index in [4.69, 9.17) is 11.6 Å². The fourth-order valence-electron chi connectivity index (χ4n) is 1.34. The van der Waals surface area contributed by atoms with E-state index in [1.807, 2.05) is 19.2 Å². The lowest BCUT2D eigenvalue weighted by atomic mass is 10.1. The third-order valence-electron chi connectivity index (χ3n) is 2.14. The van der Waals surface area contributed by atoms with E-state index in [1.54, 1.807) is 6.92 Å². The zero-order chi connectivity index (χ0) is 10.6. The van der Waals surface area contributed by atoms with Crippen molar-refractivity contribution < 1.29 is 4.39 Å². The van der Waals surface area contributed by atoms with Crippen LogP contribution in [0.3, 0.4) is 0 Å². The van der Waals surface area contributed by atoms with E-state index >= 15 is 0 Å². The van der Waals surface area contributed by atoms with Gasteiger partial charge in [0.25, 0.3) is 0 Å². The van der Waals surface area contributed by atoms with Gasteiger partial charge < -0.3 is 4.90 Å². The first-order chi connectivity index (χ1) is 6.63. The van der Waals surface area contributed by atoms with E-state index in [9.17, 15) is 4.39 Å². The molecule has 0 amide bonds. The Morgan fingerprint density at radius 3 is 2.71 bits per heavy atom. The molecular weight excluding hydrogens is 201 g/mol. The van der Waals surface area contributed by atoms with Gasteiger partial charge in [-0.2, -0.15) is 0 Å². The summed E-state index contributed by atoms with van der Waals surface area (Å²) in [4.78, 5) is 2.11. The van der Waals surface area contributed by atoms with Crippen LogP contribution >= 0.6 is 11.6 Å². The molecule has 0 aliphatic carbocycles. The largest absolute Gasteiger partial charge is 0.301 e.